The molecular weight excluding hydrogens is 456 g/mol. The van der Waals surface area contributed by atoms with Gasteiger partial charge in [0.2, 0.25) is 10.0 Å². The second-order valence-corrected chi connectivity index (χ2v) is 11.1. The van der Waals surface area contributed by atoms with Gasteiger partial charge in [0.05, 0.1) is 12.0 Å². The van der Waals surface area contributed by atoms with Crippen LogP contribution in [0.3, 0.4) is 0 Å². The van der Waals surface area contributed by atoms with Crippen molar-refractivity contribution < 1.29 is 13.2 Å². The molecule has 0 amide bonds. The predicted octanol–water partition coefficient (Wildman–Crippen LogP) is 4.91. The Hall–Kier alpha value is -2.94. The van der Waals surface area contributed by atoms with Gasteiger partial charge in [-0.05, 0) is 67.6 Å². The maximum Gasteiger partial charge on any atom is 0.252 e. The summed E-state index contributed by atoms with van der Waals surface area (Å²) in [4.78, 5) is 16.9. The summed E-state index contributed by atoms with van der Waals surface area (Å²) < 4.78 is 34.5. The van der Waals surface area contributed by atoms with Crippen LogP contribution in [0.25, 0.3) is 10.9 Å². The maximum atomic E-state index is 13.9. The minimum Gasteiger partial charge on any atom is -0.497 e. The number of thiophene rings is 1. The molecule has 4 rings (SSSR count). The smallest absolute Gasteiger partial charge is 0.252 e. The van der Waals surface area contributed by atoms with Crippen LogP contribution < -0.4 is 10.3 Å². The topological polar surface area (TPSA) is 79.5 Å². The number of aromatic nitrogens is 1. The number of hydrogen-bond donors (Lipinski definition) is 1. The van der Waals surface area contributed by atoms with Crippen molar-refractivity contribution in [3.05, 3.63) is 91.4 Å². The average molecular weight is 483 g/mol. The Morgan fingerprint density at radius 1 is 1.00 bits per heavy atom. The molecule has 8 heteroatoms. The van der Waals surface area contributed by atoms with Gasteiger partial charge in [0.25, 0.3) is 5.56 Å². The molecule has 6 nitrogen and oxygen atoms in total. The van der Waals surface area contributed by atoms with Crippen LogP contribution in [-0.2, 0) is 23.1 Å². The summed E-state index contributed by atoms with van der Waals surface area (Å²) in [5.41, 5.74) is 3.13. The first-order valence-electron chi connectivity index (χ1n) is 10.5. The van der Waals surface area contributed by atoms with E-state index in [1.54, 1.807) is 25.3 Å². The first-order valence-corrected chi connectivity index (χ1v) is 12.8. The molecule has 0 fully saturated rings. The van der Waals surface area contributed by atoms with E-state index >= 15 is 0 Å². The van der Waals surface area contributed by atoms with Crippen LogP contribution in [-0.4, -0.2) is 24.8 Å². The maximum absolute atomic E-state index is 13.9. The van der Waals surface area contributed by atoms with Crippen molar-refractivity contribution in [2.45, 2.75) is 38.8 Å². The molecule has 0 radical (unpaired) electrons. The van der Waals surface area contributed by atoms with Crippen LogP contribution >= 0.6 is 11.3 Å². The molecule has 2 heterocycles. The number of methoxy groups -OCH3 is 1. The standard InChI is InChI=1S/C25H26N2O4S2/c1-16-10-17(2)24(18(3)11-16)33(29,30)27(15-22-6-5-9-32-22)14-20-12-19-13-21(31-4)7-8-23(19)26-25(20)28/h5-13H,14-15H2,1-4H3,(H,26,28). The van der Waals surface area contributed by atoms with E-state index in [9.17, 15) is 13.2 Å². The van der Waals surface area contributed by atoms with Gasteiger partial charge in [0.1, 0.15) is 5.75 Å². The molecule has 33 heavy (non-hydrogen) atoms. The van der Waals surface area contributed by atoms with Crippen molar-refractivity contribution in [2.24, 2.45) is 0 Å². The Bertz CT molecular complexity index is 1450. The van der Waals surface area contributed by atoms with Crippen LogP contribution in [0.2, 0.25) is 0 Å². The van der Waals surface area contributed by atoms with Crippen molar-refractivity contribution in [1.82, 2.24) is 9.29 Å². The van der Waals surface area contributed by atoms with Gasteiger partial charge >= 0.3 is 0 Å². The summed E-state index contributed by atoms with van der Waals surface area (Å²) >= 11 is 1.49. The molecular formula is C25H26N2O4S2. The fourth-order valence-electron chi connectivity index (χ4n) is 4.17. The normalized spacial score (nSPS) is 11.9. The number of nitrogens with zero attached hydrogens (tertiary/aromatic N) is 1. The highest BCUT2D eigenvalue weighted by Gasteiger charge is 2.29. The zero-order chi connectivity index (χ0) is 23.8. The average Bonchev–Trinajstić information content (AvgIpc) is 3.25. The molecule has 0 aliphatic carbocycles. The van der Waals surface area contributed by atoms with Crippen molar-refractivity contribution in [3.8, 4) is 5.75 Å². The number of pyridine rings is 1. The number of hydrogen-bond acceptors (Lipinski definition) is 5. The minimum atomic E-state index is -3.87. The highest BCUT2D eigenvalue weighted by atomic mass is 32.2. The molecule has 172 valence electrons. The first-order chi connectivity index (χ1) is 15.7. The highest BCUT2D eigenvalue weighted by Crippen LogP contribution is 2.29. The molecule has 2 aromatic heterocycles. The summed E-state index contributed by atoms with van der Waals surface area (Å²) in [6.45, 7) is 5.71. The van der Waals surface area contributed by atoms with Crippen LogP contribution in [0, 0.1) is 20.8 Å². The zero-order valence-electron chi connectivity index (χ0n) is 19.0. The van der Waals surface area contributed by atoms with E-state index in [0.717, 1.165) is 15.8 Å². The molecule has 0 saturated carbocycles. The molecule has 0 unspecified atom stereocenters. The first kappa shape index (κ1) is 23.2. The molecule has 4 aromatic rings. The van der Waals surface area contributed by atoms with Gasteiger partial charge in [0, 0.05) is 34.4 Å². The van der Waals surface area contributed by atoms with Crippen molar-refractivity contribution in [2.75, 3.05) is 7.11 Å². The molecule has 0 atom stereocenters. The Morgan fingerprint density at radius 3 is 2.36 bits per heavy atom. The van der Waals surface area contributed by atoms with Crippen molar-refractivity contribution in [3.63, 3.8) is 0 Å². The lowest BCUT2D eigenvalue weighted by Gasteiger charge is -2.24. The number of aromatic amines is 1. The Balaban J connectivity index is 1.82. The van der Waals surface area contributed by atoms with Crippen LogP contribution in [0.15, 0.2) is 63.6 Å². The van der Waals surface area contributed by atoms with Gasteiger partial charge in [0.15, 0.2) is 0 Å². The van der Waals surface area contributed by atoms with E-state index in [4.69, 9.17) is 4.74 Å². The highest BCUT2D eigenvalue weighted by molar-refractivity contribution is 7.89. The summed E-state index contributed by atoms with van der Waals surface area (Å²) in [5.74, 6) is 0.662. The summed E-state index contributed by atoms with van der Waals surface area (Å²) in [7, 11) is -2.30. The van der Waals surface area contributed by atoms with Crippen LogP contribution in [0.5, 0.6) is 5.75 Å². The quantitative estimate of drug-likeness (QED) is 0.406. The predicted molar refractivity (Wildman–Crippen MR) is 133 cm³/mol. The van der Waals surface area contributed by atoms with E-state index in [2.05, 4.69) is 4.98 Å². The lowest BCUT2D eigenvalue weighted by atomic mass is 10.1. The molecule has 0 aliphatic heterocycles. The lowest BCUT2D eigenvalue weighted by molar-refractivity contribution is 0.402. The van der Waals surface area contributed by atoms with Gasteiger partial charge in [-0.15, -0.1) is 11.3 Å². The number of sulfonamides is 1. The van der Waals surface area contributed by atoms with E-state index in [-0.39, 0.29) is 18.6 Å². The fourth-order valence-corrected chi connectivity index (χ4v) is 6.78. The number of rotatable bonds is 7. The number of fused-ring (bicyclic) bond motifs is 1. The fraction of sp³-hybridized carbons (Fsp3) is 0.240. The molecule has 0 bridgehead atoms. The van der Waals surface area contributed by atoms with E-state index in [1.807, 2.05) is 56.5 Å². The van der Waals surface area contributed by atoms with E-state index < -0.39 is 10.0 Å². The van der Waals surface area contributed by atoms with Crippen molar-refractivity contribution >= 4 is 32.3 Å². The van der Waals surface area contributed by atoms with E-state index in [1.165, 1.54) is 15.6 Å². The zero-order valence-corrected chi connectivity index (χ0v) is 20.6. The second kappa shape index (κ2) is 9.13. The number of benzene rings is 2. The van der Waals surface area contributed by atoms with E-state index in [0.29, 0.717) is 32.9 Å². The number of nitrogens with one attached hydrogen (secondary N) is 1. The minimum absolute atomic E-state index is 0.0462. The monoisotopic (exact) mass is 482 g/mol. The van der Waals surface area contributed by atoms with Gasteiger partial charge in [-0.1, -0.05) is 23.8 Å². The largest absolute Gasteiger partial charge is 0.497 e. The summed E-state index contributed by atoms with van der Waals surface area (Å²) in [6, 6.07) is 14.6. The molecule has 1 N–H and O–H groups in total. The number of ether oxygens (including phenoxy) is 1. The van der Waals surface area contributed by atoms with Gasteiger partial charge in [-0.3, -0.25) is 4.79 Å². The van der Waals surface area contributed by atoms with Crippen LogP contribution in [0.1, 0.15) is 27.1 Å². The number of aryl methyl sites for hydroxylation is 3. The van der Waals surface area contributed by atoms with Gasteiger partial charge in [-0.25, -0.2) is 8.42 Å². The van der Waals surface area contributed by atoms with Gasteiger partial charge in [-0.2, -0.15) is 4.31 Å². The Morgan fingerprint density at radius 2 is 1.73 bits per heavy atom. The lowest BCUT2D eigenvalue weighted by Crippen LogP contribution is -2.33. The Labute approximate surface area is 197 Å². The third-order valence-electron chi connectivity index (χ3n) is 5.59. The second-order valence-electron chi connectivity index (χ2n) is 8.16. The van der Waals surface area contributed by atoms with Gasteiger partial charge < -0.3 is 9.72 Å². The molecule has 0 aliphatic rings. The summed E-state index contributed by atoms with van der Waals surface area (Å²) in [5, 5.41) is 2.69. The molecule has 0 saturated heterocycles. The Kier molecular flexibility index (Phi) is 6.43. The third-order valence-corrected chi connectivity index (χ3v) is 8.55. The molecule has 0 spiro atoms. The molecule has 2 aromatic carbocycles. The summed E-state index contributed by atoms with van der Waals surface area (Å²) in [6.07, 6.45) is 0. The van der Waals surface area contributed by atoms with Crippen molar-refractivity contribution in [1.29, 1.82) is 0 Å². The van der Waals surface area contributed by atoms with Crippen LogP contribution in [0.4, 0.5) is 0 Å². The third kappa shape index (κ3) is 4.73. The number of H-pyrrole nitrogens is 1. The SMILES string of the molecule is COc1ccc2[nH]c(=O)c(CN(Cc3cccs3)S(=O)(=O)c3c(C)cc(C)cc3C)cc2c1.